The number of rotatable bonds is 16. The maximum Gasteiger partial charge on any atom is 0.498 e. The summed E-state index contributed by atoms with van der Waals surface area (Å²) in [6.45, 7) is 12.9. The first-order chi connectivity index (χ1) is 27.7. The predicted molar refractivity (Wildman–Crippen MR) is 217 cm³/mol. The molecule has 59 heavy (non-hydrogen) atoms. The molecule has 2 fully saturated rings. The molecule has 3 aromatic heterocycles. The van der Waals surface area contributed by atoms with Crippen LogP contribution in [0, 0.1) is 12.3 Å². The second kappa shape index (κ2) is 17.1. The fraction of sp³-hybridized carbons (Fsp3) is 0.486. The maximum atomic E-state index is 14.2. The Kier molecular flexibility index (Phi) is 12.9. The lowest BCUT2D eigenvalue weighted by atomic mass is 9.79. The topological polar surface area (TPSA) is 182 Å². The second-order valence-electron chi connectivity index (χ2n) is 15.3. The van der Waals surface area contributed by atoms with Crippen LogP contribution in [0.25, 0.3) is 0 Å². The zero-order chi connectivity index (χ0) is 43.0. The van der Waals surface area contributed by atoms with Crippen molar-refractivity contribution in [1.82, 2.24) is 30.0 Å². The van der Waals surface area contributed by atoms with Crippen LogP contribution < -0.4 is 26.2 Å². The van der Waals surface area contributed by atoms with Gasteiger partial charge in [-0.05, 0) is 87.3 Å². The van der Waals surface area contributed by atoms with Gasteiger partial charge in [-0.15, -0.1) is 0 Å². The third kappa shape index (κ3) is 9.93. The van der Waals surface area contributed by atoms with E-state index in [1.54, 1.807) is 25.1 Å². The molecular weight excluding hydrogens is 863 g/mol. The zero-order valence-electron chi connectivity index (χ0n) is 33.8. The Balaban J connectivity index is 1.17. The van der Waals surface area contributed by atoms with Crippen LogP contribution in [0.3, 0.4) is 0 Å². The zero-order valence-corrected chi connectivity index (χ0v) is 36.3. The Bertz CT molecular complexity index is 2230. The quantitative estimate of drug-likeness (QED) is 0.0608. The number of nitrogens with zero attached hydrogens (tertiary/aromatic N) is 5. The fourth-order valence-electron chi connectivity index (χ4n) is 6.31. The van der Waals surface area contributed by atoms with Crippen molar-refractivity contribution in [3.8, 4) is 5.75 Å². The van der Waals surface area contributed by atoms with E-state index in [1.807, 2.05) is 45.5 Å². The van der Waals surface area contributed by atoms with E-state index < -0.39 is 54.8 Å². The van der Waals surface area contributed by atoms with E-state index in [-0.39, 0.29) is 42.5 Å². The smallest absolute Gasteiger partial charge is 0.495 e. The van der Waals surface area contributed by atoms with Crippen molar-refractivity contribution in [1.29, 1.82) is 0 Å². The molecule has 6 rings (SSSR count). The number of carbonyl (C=O) groups is 1. The average Bonchev–Trinajstić information content (AvgIpc) is 3.62. The normalized spacial score (nSPS) is 17.9. The Morgan fingerprint density at radius 1 is 1.05 bits per heavy atom. The molecule has 1 amide bonds. The number of hydrogen-bond acceptors (Lipinski definition) is 14. The van der Waals surface area contributed by atoms with Crippen molar-refractivity contribution in [2.75, 3.05) is 51.2 Å². The first-order valence-corrected chi connectivity index (χ1v) is 21.1. The molecule has 0 radical (unpaired) electrons. The molecule has 3 N–H and O–H groups in total. The molecule has 0 saturated carbocycles. The highest BCUT2D eigenvalue weighted by molar-refractivity contribution is 9.10. The first-order valence-electron chi connectivity index (χ1n) is 18.6. The summed E-state index contributed by atoms with van der Waals surface area (Å²) in [7, 11) is -1.54. The molecule has 0 aliphatic carbocycles. The number of pyridine rings is 1. The van der Waals surface area contributed by atoms with E-state index in [0.717, 1.165) is 11.2 Å². The van der Waals surface area contributed by atoms with Gasteiger partial charge in [0.15, 0.2) is 5.69 Å². The highest BCUT2D eigenvalue weighted by Gasteiger charge is 2.53. The van der Waals surface area contributed by atoms with Crippen molar-refractivity contribution in [2.24, 2.45) is 5.41 Å². The second-order valence-corrected chi connectivity index (χ2v) is 18.1. The summed E-state index contributed by atoms with van der Waals surface area (Å²) in [6, 6.07) is 7.70. The summed E-state index contributed by atoms with van der Waals surface area (Å²) in [4.78, 5) is 24.5. The SMILES string of the molecule is CCOP(=O)(Cc1ccc(Nc2ncc(C(F)(F)F)c(Nc3ccc(Br)nc3C(=O)NC)n2)c(OC)c1)OCC1(Cn2cc(B3OC(C)(C)C(C)(C)O3)c(C)n2)COC1. The van der Waals surface area contributed by atoms with Gasteiger partial charge in [-0.3, -0.25) is 14.0 Å². The number of nitrogens with one attached hydrogen (secondary N) is 3. The number of aryl methyl sites for hydroxylation is 1. The number of halogens is 4. The summed E-state index contributed by atoms with van der Waals surface area (Å²) in [5.74, 6) is -1.23. The van der Waals surface area contributed by atoms with Crippen LogP contribution in [0.1, 0.15) is 61.9 Å². The van der Waals surface area contributed by atoms with E-state index in [0.29, 0.717) is 41.8 Å². The van der Waals surface area contributed by atoms with E-state index in [4.69, 9.17) is 32.9 Å². The van der Waals surface area contributed by atoms with Crippen molar-refractivity contribution in [3.63, 3.8) is 0 Å². The Labute approximate surface area is 348 Å². The molecule has 1 atom stereocenters. The van der Waals surface area contributed by atoms with Crippen LogP contribution in [-0.2, 0) is 46.5 Å². The van der Waals surface area contributed by atoms with Crippen LogP contribution >= 0.6 is 23.5 Å². The predicted octanol–water partition coefficient (Wildman–Crippen LogP) is 6.78. The Morgan fingerprint density at radius 3 is 2.36 bits per heavy atom. The molecular formula is C37H46BBrF3N8O8P. The lowest BCUT2D eigenvalue weighted by Gasteiger charge is -2.41. The van der Waals surface area contributed by atoms with E-state index in [9.17, 15) is 22.5 Å². The van der Waals surface area contributed by atoms with Gasteiger partial charge in [0.1, 0.15) is 21.7 Å². The van der Waals surface area contributed by atoms with Crippen LogP contribution in [-0.4, -0.2) is 89.5 Å². The summed E-state index contributed by atoms with van der Waals surface area (Å²) < 4.78 is 94.1. The van der Waals surface area contributed by atoms with Gasteiger partial charge in [0.25, 0.3) is 5.91 Å². The molecule has 2 aliphatic rings. The lowest BCUT2D eigenvalue weighted by molar-refractivity contribution is -0.142. The third-order valence-corrected chi connectivity index (χ3v) is 12.6. The van der Waals surface area contributed by atoms with Gasteiger partial charge >= 0.3 is 20.9 Å². The molecule has 22 heteroatoms. The van der Waals surface area contributed by atoms with Gasteiger partial charge in [0, 0.05) is 24.9 Å². The van der Waals surface area contributed by atoms with Crippen molar-refractivity contribution in [3.05, 3.63) is 69.8 Å². The molecule has 318 valence electrons. The minimum absolute atomic E-state index is 0.0233. The molecule has 1 aromatic carbocycles. The molecule has 5 heterocycles. The average molecular weight is 910 g/mol. The number of aromatic nitrogens is 5. The summed E-state index contributed by atoms with van der Waals surface area (Å²) >= 11 is 3.17. The van der Waals surface area contributed by atoms with Gasteiger partial charge in [-0.2, -0.15) is 23.3 Å². The monoisotopic (exact) mass is 908 g/mol. The number of hydrogen-bond donors (Lipinski definition) is 3. The largest absolute Gasteiger partial charge is 0.498 e. The standard InChI is InChI=1S/C37H46BBrF3N8O8P/c1-9-55-59(52,56-21-36(19-54-20-36)18-50-16-25(22(2)49-50)38-57-34(3,4)35(5,6)58-38)17-23-10-11-26(28(14-23)53-8)46-33-44-15-24(37(40,41)42)31(48-33)45-27-12-13-29(39)47-30(27)32(51)43-7/h10-16H,9,17-21H2,1-8H3,(H,43,51)(H2,44,45,46,48). The number of benzene rings is 1. The van der Waals surface area contributed by atoms with Crippen LogP contribution in [0.2, 0.25) is 0 Å². The van der Waals surface area contributed by atoms with Crippen LogP contribution in [0.15, 0.2) is 47.3 Å². The van der Waals surface area contributed by atoms with Crippen molar-refractivity contribution < 1.29 is 50.4 Å². The lowest BCUT2D eigenvalue weighted by Crippen LogP contribution is -2.49. The molecule has 0 spiro atoms. The highest BCUT2D eigenvalue weighted by Crippen LogP contribution is 2.53. The van der Waals surface area contributed by atoms with E-state index in [1.165, 1.54) is 26.3 Å². The number of amides is 1. The maximum absolute atomic E-state index is 14.2. The minimum Gasteiger partial charge on any atom is -0.495 e. The number of carbonyl (C=O) groups excluding carboxylic acids is 1. The summed E-state index contributed by atoms with van der Waals surface area (Å²) in [5.41, 5.74) is -0.479. The highest BCUT2D eigenvalue weighted by atomic mass is 79.9. The Morgan fingerprint density at radius 2 is 1.75 bits per heavy atom. The van der Waals surface area contributed by atoms with Gasteiger partial charge in [0.2, 0.25) is 5.95 Å². The summed E-state index contributed by atoms with van der Waals surface area (Å²) in [6.07, 6.45) is -2.43. The number of alkyl halides is 3. The van der Waals surface area contributed by atoms with Crippen molar-refractivity contribution >= 4 is 65.2 Å². The molecule has 2 aliphatic heterocycles. The van der Waals surface area contributed by atoms with Gasteiger partial charge < -0.3 is 43.8 Å². The third-order valence-electron chi connectivity index (χ3n) is 10.2. The van der Waals surface area contributed by atoms with Gasteiger partial charge in [-0.25, -0.2) is 9.97 Å². The fourth-order valence-corrected chi connectivity index (χ4v) is 8.39. The van der Waals surface area contributed by atoms with Crippen LogP contribution in [0.5, 0.6) is 5.75 Å². The molecule has 1 unspecified atom stereocenters. The summed E-state index contributed by atoms with van der Waals surface area (Å²) in [5, 5.41) is 12.6. The molecule has 16 nitrogen and oxygen atoms in total. The van der Waals surface area contributed by atoms with E-state index >= 15 is 0 Å². The number of methoxy groups -OCH3 is 1. The molecule has 0 bridgehead atoms. The number of anilines is 4. The van der Waals surface area contributed by atoms with Gasteiger partial charge in [-0.1, -0.05) is 6.07 Å². The van der Waals surface area contributed by atoms with Crippen molar-refractivity contribution in [2.45, 2.75) is 71.6 Å². The minimum atomic E-state index is -4.84. The molecule has 2 saturated heterocycles. The van der Waals surface area contributed by atoms with Crippen LogP contribution in [0.4, 0.5) is 36.3 Å². The first kappa shape index (κ1) is 44.4. The number of ether oxygens (including phenoxy) is 2. The molecule has 4 aromatic rings. The Hall–Kier alpha value is -4.11. The van der Waals surface area contributed by atoms with E-state index in [2.05, 4.69) is 46.8 Å². The van der Waals surface area contributed by atoms with Gasteiger partial charge in [0.05, 0.1) is 79.9 Å².